The van der Waals surface area contributed by atoms with Crippen molar-refractivity contribution in [3.8, 4) is 22.6 Å². The van der Waals surface area contributed by atoms with Gasteiger partial charge in [-0.1, -0.05) is 35.3 Å². The van der Waals surface area contributed by atoms with Crippen LogP contribution in [0.5, 0.6) is 0 Å². The van der Waals surface area contributed by atoms with Crippen molar-refractivity contribution < 1.29 is 47.8 Å². The first-order valence-corrected chi connectivity index (χ1v) is 23.9. The maximum atomic E-state index is 13.1. The Bertz CT molecular complexity index is 3270. The maximum absolute atomic E-state index is 13.1. The molecule has 1 atom stereocenters. The van der Waals surface area contributed by atoms with E-state index in [0.717, 1.165) is 25.7 Å². The van der Waals surface area contributed by atoms with Gasteiger partial charge in [0.15, 0.2) is 0 Å². The van der Waals surface area contributed by atoms with Crippen molar-refractivity contribution in [2.75, 3.05) is 23.1 Å². The number of nitrogens with one attached hydrogen (secondary N) is 2. The summed E-state index contributed by atoms with van der Waals surface area (Å²) in [5.41, 5.74) is 4.45. The van der Waals surface area contributed by atoms with Crippen LogP contribution in [-0.2, 0) is 16.0 Å². The number of nitrogens with zero attached hydrogens (tertiary/aromatic N) is 4. The highest BCUT2D eigenvalue weighted by Gasteiger charge is 2.36. The van der Waals surface area contributed by atoms with Crippen LogP contribution >= 0.6 is 23.2 Å². The van der Waals surface area contributed by atoms with Crippen molar-refractivity contribution in [3.63, 3.8) is 0 Å². The minimum Gasteiger partial charge on any atom is -0.478 e. The third kappa shape index (κ3) is 11.1. The lowest BCUT2D eigenvalue weighted by molar-refractivity contribution is -0.119. The Morgan fingerprint density at radius 1 is 0.667 bits per heavy atom. The second kappa shape index (κ2) is 20.7. The smallest absolute Gasteiger partial charge is 0.335 e. The van der Waals surface area contributed by atoms with E-state index in [1.807, 2.05) is 0 Å². The molecule has 16 nitrogen and oxygen atoms in total. The van der Waals surface area contributed by atoms with Gasteiger partial charge in [0.2, 0.25) is 0 Å². The highest BCUT2D eigenvalue weighted by Crippen LogP contribution is 2.34. The number of aromatic carboxylic acids is 2. The van der Waals surface area contributed by atoms with Crippen LogP contribution < -0.4 is 20.7 Å². The Morgan fingerprint density at radius 3 is 1.74 bits per heavy atom. The van der Waals surface area contributed by atoms with Gasteiger partial charge in [0, 0.05) is 36.3 Å². The topological polar surface area (TPSA) is 224 Å². The molecule has 2 fully saturated rings. The van der Waals surface area contributed by atoms with Crippen molar-refractivity contribution in [2.45, 2.75) is 46.0 Å². The predicted molar refractivity (Wildman–Crippen MR) is 272 cm³/mol. The lowest BCUT2D eigenvalue weighted by Crippen LogP contribution is -2.28. The number of halogens is 2. The van der Waals surface area contributed by atoms with E-state index in [-0.39, 0.29) is 28.8 Å². The van der Waals surface area contributed by atoms with Gasteiger partial charge in [0.1, 0.15) is 23.0 Å². The lowest BCUT2D eigenvalue weighted by Gasteiger charge is -2.14. The van der Waals surface area contributed by atoms with Crippen LogP contribution in [0.2, 0.25) is 10.0 Å². The molecule has 18 heteroatoms. The normalized spacial score (nSPS) is 16.8. The van der Waals surface area contributed by atoms with Gasteiger partial charge < -0.3 is 29.7 Å². The number of carboxylic acid groups (broad SMARTS) is 2. The first kappa shape index (κ1) is 48.9. The third-order valence-electron chi connectivity index (χ3n) is 12.5. The minimum atomic E-state index is -1.09. The summed E-state index contributed by atoms with van der Waals surface area (Å²) in [6.45, 7) is 4.75. The van der Waals surface area contributed by atoms with Crippen molar-refractivity contribution in [1.82, 2.24) is 10.6 Å². The van der Waals surface area contributed by atoms with E-state index in [2.05, 4.69) is 20.8 Å². The summed E-state index contributed by atoms with van der Waals surface area (Å²) in [6.07, 6.45) is 6.44. The van der Waals surface area contributed by atoms with Gasteiger partial charge in [0.05, 0.1) is 60.9 Å². The zero-order chi connectivity index (χ0) is 50.8. The molecule has 1 unspecified atom stereocenters. The number of furan rings is 2. The number of carboxylic acids is 2. The molecule has 4 N–H and O–H groups in total. The summed E-state index contributed by atoms with van der Waals surface area (Å²) in [5, 5.41) is 36.1. The first-order valence-electron chi connectivity index (χ1n) is 23.1. The Morgan fingerprint density at radius 2 is 1.19 bits per heavy atom. The number of carbonyl (C=O) groups excluding carboxylic acids is 4. The van der Waals surface area contributed by atoms with E-state index in [0.29, 0.717) is 115 Å². The van der Waals surface area contributed by atoms with E-state index in [1.165, 1.54) is 34.3 Å². The Balaban J connectivity index is 0.000000178. The number of hydrogen-bond donors (Lipinski definition) is 4. The van der Waals surface area contributed by atoms with Gasteiger partial charge in [-0.15, -0.1) is 0 Å². The third-order valence-corrected chi connectivity index (χ3v) is 13.1. The Labute approximate surface area is 422 Å². The van der Waals surface area contributed by atoms with E-state index in [1.54, 1.807) is 105 Å². The molecular formula is C54H46Cl2N6O10. The van der Waals surface area contributed by atoms with Crippen LogP contribution in [0.15, 0.2) is 134 Å². The molecule has 0 bridgehead atoms. The van der Waals surface area contributed by atoms with Crippen LogP contribution in [0, 0.1) is 17.8 Å². The minimum absolute atomic E-state index is 0.0600. The number of rotatable bonds is 15. The highest BCUT2D eigenvalue weighted by molar-refractivity contribution is 6.34. The lowest BCUT2D eigenvalue weighted by atomic mass is 9.99. The molecular weight excluding hydrogens is 964 g/mol. The average molecular weight is 1010 g/mol. The largest absolute Gasteiger partial charge is 0.478 e. The molecule has 4 aliphatic rings. The number of benzene rings is 4. The molecule has 4 heterocycles. The zero-order valence-electron chi connectivity index (χ0n) is 38.9. The van der Waals surface area contributed by atoms with Crippen molar-refractivity contribution >= 4 is 87.6 Å². The van der Waals surface area contributed by atoms with Gasteiger partial charge in [-0.2, -0.15) is 15.2 Å². The molecule has 4 amide bonds. The van der Waals surface area contributed by atoms with Crippen LogP contribution in [0.1, 0.15) is 92.5 Å². The SMILES string of the molecule is CC1=NN(c2cccc(C(=O)O)c2)C(=O)/C1=C\c1ccc(-c2ccc(Cl)c(C(=O)NCC3CC3)c2)o1.CC1=NN(c2cccc(C(=O)O)c2)C(=O)C1Cc1ccc(-c2ccc(Cl)c(C(=O)NCC3CC3)c2)o1. The fourth-order valence-corrected chi connectivity index (χ4v) is 8.42. The van der Waals surface area contributed by atoms with Crippen LogP contribution in [-0.4, -0.2) is 70.3 Å². The fourth-order valence-electron chi connectivity index (χ4n) is 8.01. The second-order valence-corrected chi connectivity index (χ2v) is 18.7. The van der Waals surface area contributed by atoms with Crippen LogP contribution in [0.25, 0.3) is 28.7 Å². The Kier molecular flexibility index (Phi) is 14.1. The monoisotopic (exact) mass is 1010 g/mol. The summed E-state index contributed by atoms with van der Waals surface area (Å²) in [6, 6.07) is 29.5. The van der Waals surface area contributed by atoms with E-state index < -0.39 is 23.8 Å². The highest BCUT2D eigenvalue weighted by atomic mass is 35.5. The molecule has 0 saturated heterocycles. The molecule has 2 aromatic heterocycles. The van der Waals surface area contributed by atoms with E-state index >= 15 is 0 Å². The average Bonchev–Trinajstić information content (AvgIpc) is 4.24. The first-order chi connectivity index (χ1) is 34.6. The van der Waals surface area contributed by atoms with Crippen LogP contribution in [0.3, 0.4) is 0 Å². The molecule has 366 valence electrons. The molecule has 2 saturated carbocycles. The summed E-state index contributed by atoms with van der Waals surface area (Å²) in [4.78, 5) is 73.9. The van der Waals surface area contributed by atoms with Gasteiger partial charge >= 0.3 is 11.9 Å². The van der Waals surface area contributed by atoms with Gasteiger partial charge in [0.25, 0.3) is 23.6 Å². The molecule has 72 heavy (non-hydrogen) atoms. The predicted octanol–water partition coefficient (Wildman–Crippen LogP) is 10.3. The Hall–Kier alpha value is -8.08. The maximum Gasteiger partial charge on any atom is 0.335 e. The summed E-state index contributed by atoms with van der Waals surface area (Å²) in [5.74, 6) is -0.575. The van der Waals surface area contributed by atoms with Crippen molar-refractivity contribution in [2.24, 2.45) is 28.0 Å². The molecule has 4 aromatic carbocycles. The number of hydrazone groups is 2. The summed E-state index contributed by atoms with van der Waals surface area (Å²) < 4.78 is 12.0. The van der Waals surface area contributed by atoms with E-state index in [4.69, 9.17) is 32.0 Å². The summed E-state index contributed by atoms with van der Waals surface area (Å²) >= 11 is 12.5. The second-order valence-electron chi connectivity index (χ2n) is 17.9. The van der Waals surface area contributed by atoms with Gasteiger partial charge in [-0.3, -0.25) is 19.2 Å². The summed E-state index contributed by atoms with van der Waals surface area (Å²) in [7, 11) is 0. The quantitative estimate of drug-likeness (QED) is 0.0712. The molecule has 0 radical (unpaired) electrons. The fraction of sp³-hybridized carbons (Fsp3) is 0.222. The van der Waals surface area contributed by atoms with Crippen LogP contribution in [0.4, 0.5) is 11.4 Å². The van der Waals surface area contributed by atoms with Gasteiger partial charge in [-0.25, -0.2) is 14.6 Å². The standard InChI is InChI=1S/C27H24ClN3O5.C27H22ClN3O5/c2*1-15-21(26(33)31(30-15)19-4-2-3-18(11-19)27(34)35)13-20-8-10-24(36-20)17-7-9-23(28)22(12-17)25(32)29-14-16-5-6-16/h2-4,7-12,16,21H,5-6,13-14H2,1H3,(H,29,32)(H,34,35);2-4,7-13,16H,5-6,14H2,1H3,(H,29,32)(H,34,35)/b;21-13-. The van der Waals surface area contributed by atoms with Crippen molar-refractivity contribution in [3.05, 3.63) is 159 Å². The molecule has 6 aromatic rings. The molecule has 0 spiro atoms. The van der Waals surface area contributed by atoms with Crippen molar-refractivity contribution in [1.29, 1.82) is 0 Å². The zero-order valence-corrected chi connectivity index (χ0v) is 40.4. The van der Waals surface area contributed by atoms with E-state index in [9.17, 15) is 39.0 Å². The molecule has 10 rings (SSSR count). The molecule has 2 aliphatic carbocycles. The molecule has 2 aliphatic heterocycles. The number of anilines is 2. The number of carbonyl (C=O) groups is 6. The number of amides is 4. The number of hydrogen-bond acceptors (Lipinski definition) is 10. The van der Waals surface area contributed by atoms with Gasteiger partial charge in [-0.05, 0) is 155 Å².